The Labute approximate surface area is 197 Å². The Balaban J connectivity index is 1.54. The zero-order valence-electron chi connectivity index (χ0n) is 18.7. The van der Waals surface area contributed by atoms with Gasteiger partial charge in [-0.15, -0.1) is 0 Å². The minimum atomic E-state index is -3.65. The molecule has 0 aliphatic carbocycles. The quantitative estimate of drug-likeness (QED) is 0.399. The van der Waals surface area contributed by atoms with Gasteiger partial charge in [-0.05, 0) is 60.5 Å². The number of hydrazine groups is 1. The van der Waals surface area contributed by atoms with E-state index in [0.717, 1.165) is 5.56 Å². The molecule has 0 atom stereocenters. The average molecular weight is 482 g/mol. The number of hydrogen-bond acceptors (Lipinski definition) is 4. The number of halogens is 1. The molecule has 0 aromatic heterocycles. The van der Waals surface area contributed by atoms with Gasteiger partial charge in [-0.2, -0.15) is 4.31 Å². The summed E-state index contributed by atoms with van der Waals surface area (Å²) in [6, 6.07) is 18.7. The Morgan fingerprint density at radius 2 is 1.65 bits per heavy atom. The fourth-order valence-electron chi connectivity index (χ4n) is 3.01. The molecule has 9 heteroatoms. The monoisotopic (exact) mass is 481 g/mol. The van der Waals surface area contributed by atoms with E-state index in [1.54, 1.807) is 42.5 Å². The van der Waals surface area contributed by atoms with Crippen molar-refractivity contribution in [2.45, 2.75) is 18.4 Å². The molecule has 0 spiro atoms. The third-order valence-corrected chi connectivity index (χ3v) is 6.74. The smallest absolute Gasteiger partial charge is 0.268 e. The van der Waals surface area contributed by atoms with E-state index in [-0.39, 0.29) is 17.0 Å². The molecule has 34 heavy (non-hydrogen) atoms. The fourth-order valence-corrected chi connectivity index (χ4v) is 4.17. The zero-order valence-corrected chi connectivity index (χ0v) is 19.5. The molecule has 3 aromatic carbocycles. The van der Waals surface area contributed by atoms with E-state index in [4.69, 9.17) is 0 Å². The molecule has 0 saturated carbocycles. The van der Waals surface area contributed by atoms with Gasteiger partial charge >= 0.3 is 0 Å². The summed E-state index contributed by atoms with van der Waals surface area (Å²) in [6.07, 6.45) is 2.59. The largest absolute Gasteiger partial charge is 0.269 e. The van der Waals surface area contributed by atoms with Crippen LogP contribution in [-0.4, -0.2) is 31.6 Å². The summed E-state index contributed by atoms with van der Waals surface area (Å²) >= 11 is 0. The summed E-state index contributed by atoms with van der Waals surface area (Å²) in [5.74, 6) is -1.55. The van der Waals surface area contributed by atoms with E-state index in [9.17, 15) is 22.4 Å². The van der Waals surface area contributed by atoms with Crippen molar-refractivity contribution in [3.63, 3.8) is 0 Å². The number of carbonyl (C=O) groups is 2. The predicted molar refractivity (Wildman–Crippen MR) is 127 cm³/mol. The van der Waals surface area contributed by atoms with Gasteiger partial charge in [0.2, 0.25) is 10.0 Å². The van der Waals surface area contributed by atoms with E-state index >= 15 is 0 Å². The number of sulfonamides is 1. The molecule has 0 radical (unpaired) electrons. The summed E-state index contributed by atoms with van der Waals surface area (Å²) in [5.41, 5.74) is 6.98. The normalized spacial score (nSPS) is 11.5. The van der Waals surface area contributed by atoms with E-state index < -0.39 is 27.7 Å². The van der Waals surface area contributed by atoms with Crippen LogP contribution < -0.4 is 10.9 Å². The van der Waals surface area contributed by atoms with E-state index in [1.807, 2.05) is 6.92 Å². The molecule has 0 fully saturated rings. The van der Waals surface area contributed by atoms with Gasteiger partial charge in [-0.1, -0.05) is 42.0 Å². The van der Waals surface area contributed by atoms with Crippen LogP contribution in [0.1, 0.15) is 27.0 Å². The van der Waals surface area contributed by atoms with Crippen molar-refractivity contribution in [2.75, 3.05) is 7.05 Å². The molecule has 176 valence electrons. The van der Waals surface area contributed by atoms with Crippen LogP contribution in [0.15, 0.2) is 83.8 Å². The number of aryl methyl sites for hydroxylation is 1. The maximum Gasteiger partial charge on any atom is 0.269 e. The lowest BCUT2D eigenvalue weighted by molar-refractivity contribution is -0.117. The molecular weight excluding hydrogens is 457 g/mol. The van der Waals surface area contributed by atoms with Gasteiger partial charge in [0.15, 0.2) is 0 Å². The Bertz CT molecular complexity index is 1300. The van der Waals surface area contributed by atoms with Gasteiger partial charge in [0.25, 0.3) is 11.8 Å². The highest BCUT2D eigenvalue weighted by Crippen LogP contribution is 2.17. The van der Waals surface area contributed by atoms with Crippen molar-refractivity contribution in [3.8, 4) is 0 Å². The first-order chi connectivity index (χ1) is 16.1. The van der Waals surface area contributed by atoms with E-state index in [2.05, 4.69) is 10.9 Å². The minimum absolute atomic E-state index is 0.125. The minimum Gasteiger partial charge on any atom is -0.268 e. The third kappa shape index (κ3) is 6.60. The number of rotatable bonds is 7. The van der Waals surface area contributed by atoms with Gasteiger partial charge in [0.1, 0.15) is 5.82 Å². The number of nitrogens with one attached hydrogen (secondary N) is 2. The SMILES string of the molecule is Cc1ccc(S(=O)(=O)N(C)Cc2ccc(C(=O)NNC(=O)C=Cc3cccc(F)c3)cc2)cc1. The van der Waals surface area contributed by atoms with E-state index in [0.29, 0.717) is 11.1 Å². The first-order valence-corrected chi connectivity index (χ1v) is 11.7. The molecule has 0 saturated heterocycles. The number of amides is 2. The van der Waals surface area contributed by atoms with Crippen LogP contribution in [0.3, 0.4) is 0 Å². The number of benzene rings is 3. The second-order valence-corrected chi connectivity index (χ2v) is 9.65. The molecule has 0 unspecified atom stereocenters. The molecule has 0 heterocycles. The maximum absolute atomic E-state index is 13.2. The van der Waals surface area contributed by atoms with Gasteiger partial charge < -0.3 is 0 Å². The Morgan fingerprint density at radius 1 is 0.971 bits per heavy atom. The van der Waals surface area contributed by atoms with Crippen molar-refractivity contribution < 1.29 is 22.4 Å². The van der Waals surface area contributed by atoms with Crippen LogP contribution in [0.4, 0.5) is 4.39 Å². The van der Waals surface area contributed by atoms with Crippen LogP contribution in [-0.2, 0) is 21.4 Å². The van der Waals surface area contributed by atoms with Crippen molar-refractivity contribution in [1.82, 2.24) is 15.2 Å². The van der Waals surface area contributed by atoms with Crippen LogP contribution in [0.25, 0.3) is 6.08 Å². The van der Waals surface area contributed by atoms with Gasteiger partial charge in [-0.3, -0.25) is 20.4 Å². The third-order valence-electron chi connectivity index (χ3n) is 4.93. The maximum atomic E-state index is 13.2. The fraction of sp³-hybridized carbons (Fsp3) is 0.120. The first kappa shape index (κ1) is 24.8. The lowest BCUT2D eigenvalue weighted by Crippen LogP contribution is -2.40. The van der Waals surface area contributed by atoms with Crippen LogP contribution in [0.2, 0.25) is 0 Å². The molecule has 7 nitrogen and oxygen atoms in total. The standard InChI is InChI=1S/C25H24FN3O4S/c1-18-6-13-23(14-7-18)34(32,33)29(2)17-20-8-11-21(12-9-20)25(31)28-27-24(30)15-10-19-4-3-5-22(26)16-19/h3-16H,17H2,1-2H3,(H,27,30)(H,28,31). The summed E-state index contributed by atoms with van der Waals surface area (Å²) < 4.78 is 39.9. The van der Waals surface area contributed by atoms with Crippen molar-refractivity contribution >= 4 is 27.9 Å². The summed E-state index contributed by atoms with van der Waals surface area (Å²) in [6.45, 7) is 2.01. The molecule has 2 N–H and O–H groups in total. The molecule has 0 bridgehead atoms. The molecular formula is C25H24FN3O4S. The van der Waals surface area contributed by atoms with Crippen molar-refractivity contribution in [3.05, 3.63) is 107 Å². The average Bonchev–Trinajstić information content (AvgIpc) is 2.82. The molecule has 0 aliphatic heterocycles. The van der Waals surface area contributed by atoms with Gasteiger partial charge in [0.05, 0.1) is 4.90 Å². The first-order valence-electron chi connectivity index (χ1n) is 10.3. The van der Waals surface area contributed by atoms with Gasteiger partial charge in [0, 0.05) is 25.2 Å². The van der Waals surface area contributed by atoms with Crippen molar-refractivity contribution in [2.24, 2.45) is 0 Å². The summed E-state index contributed by atoms with van der Waals surface area (Å²) in [5, 5.41) is 0. The highest BCUT2D eigenvalue weighted by molar-refractivity contribution is 7.89. The summed E-state index contributed by atoms with van der Waals surface area (Å²) in [4.78, 5) is 24.3. The van der Waals surface area contributed by atoms with Crippen molar-refractivity contribution in [1.29, 1.82) is 0 Å². The van der Waals surface area contributed by atoms with Crippen LogP contribution in [0.5, 0.6) is 0 Å². The number of carbonyl (C=O) groups excluding carboxylic acids is 2. The van der Waals surface area contributed by atoms with Gasteiger partial charge in [-0.25, -0.2) is 12.8 Å². The second-order valence-electron chi connectivity index (χ2n) is 7.60. The molecule has 3 aromatic rings. The lowest BCUT2D eigenvalue weighted by Gasteiger charge is -2.17. The topological polar surface area (TPSA) is 95.6 Å². The zero-order chi connectivity index (χ0) is 24.7. The molecule has 2 amide bonds. The lowest BCUT2D eigenvalue weighted by atomic mass is 10.1. The number of hydrogen-bond donors (Lipinski definition) is 2. The Kier molecular flexibility index (Phi) is 7.93. The summed E-state index contributed by atoms with van der Waals surface area (Å²) in [7, 11) is -2.16. The molecule has 3 rings (SSSR count). The Morgan fingerprint density at radius 3 is 2.29 bits per heavy atom. The number of nitrogens with zero attached hydrogens (tertiary/aromatic N) is 1. The van der Waals surface area contributed by atoms with Crippen LogP contribution >= 0.6 is 0 Å². The highest BCUT2D eigenvalue weighted by Gasteiger charge is 2.20. The highest BCUT2D eigenvalue weighted by atomic mass is 32.2. The Hall–Kier alpha value is -3.82. The second kappa shape index (κ2) is 10.9. The van der Waals surface area contributed by atoms with Crippen LogP contribution in [0, 0.1) is 12.7 Å². The molecule has 0 aliphatic rings. The van der Waals surface area contributed by atoms with E-state index in [1.165, 1.54) is 53.8 Å². The predicted octanol–water partition coefficient (Wildman–Crippen LogP) is 3.43.